The first-order chi connectivity index (χ1) is 17.3. The number of likely N-dealkylation sites (tertiary alicyclic amines) is 2. The topological polar surface area (TPSA) is 119 Å². The molecule has 2 aliphatic rings. The molecule has 0 radical (unpaired) electrons. The van der Waals surface area contributed by atoms with E-state index in [0.717, 1.165) is 0 Å². The van der Waals surface area contributed by atoms with Crippen molar-refractivity contribution in [2.24, 2.45) is 23.7 Å². The highest BCUT2D eigenvalue weighted by molar-refractivity contribution is 5.90. The van der Waals surface area contributed by atoms with Crippen LogP contribution in [-0.4, -0.2) is 96.6 Å². The third-order valence-corrected chi connectivity index (χ3v) is 7.24. The van der Waals surface area contributed by atoms with Crippen molar-refractivity contribution >= 4 is 29.5 Å². The van der Waals surface area contributed by atoms with Crippen LogP contribution in [0.2, 0.25) is 0 Å². The van der Waals surface area contributed by atoms with Gasteiger partial charge in [-0.25, -0.2) is 0 Å². The molecule has 10 nitrogen and oxygen atoms in total. The minimum Gasteiger partial charge on any atom is -0.347 e. The number of rotatable bonds is 9. The number of nitrogens with one attached hydrogen (secondary N) is 2. The highest BCUT2D eigenvalue weighted by Crippen LogP contribution is 2.25. The van der Waals surface area contributed by atoms with Crippen LogP contribution in [0.4, 0.5) is 0 Å². The van der Waals surface area contributed by atoms with Crippen LogP contribution in [0.15, 0.2) is 0 Å². The van der Waals surface area contributed by atoms with Crippen molar-refractivity contribution in [3.8, 4) is 0 Å². The summed E-state index contributed by atoms with van der Waals surface area (Å²) in [5.74, 6) is -1.26. The molecule has 2 fully saturated rings. The summed E-state index contributed by atoms with van der Waals surface area (Å²) in [7, 11) is 3.36. The largest absolute Gasteiger partial charge is 0.347 e. The molecule has 210 valence electrons. The molecule has 0 aromatic carbocycles. The second-order valence-electron chi connectivity index (χ2n) is 11.6. The van der Waals surface area contributed by atoms with Crippen LogP contribution in [-0.2, 0) is 24.0 Å². The zero-order chi connectivity index (χ0) is 27.9. The van der Waals surface area contributed by atoms with E-state index in [1.165, 1.54) is 11.8 Å². The molecule has 0 aromatic rings. The second-order valence-corrected chi connectivity index (χ2v) is 11.6. The third-order valence-electron chi connectivity index (χ3n) is 7.24. The quantitative estimate of drug-likeness (QED) is 0.473. The molecule has 0 aliphatic carbocycles. The number of amides is 5. The summed E-state index contributed by atoms with van der Waals surface area (Å²) in [6.45, 7) is 11.0. The van der Waals surface area contributed by atoms with Crippen LogP contribution in [0.5, 0.6) is 0 Å². The van der Waals surface area contributed by atoms with Crippen molar-refractivity contribution in [2.45, 2.75) is 78.8 Å². The molecular formula is C27H47N5O5. The molecule has 0 aromatic heterocycles. The number of piperidine rings is 2. The minimum absolute atomic E-state index is 0.0290. The maximum Gasteiger partial charge on any atom is 0.245 e. The maximum atomic E-state index is 13.5. The zero-order valence-electron chi connectivity index (χ0n) is 23.7. The summed E-state index contributed by atoms with van der Waals surface area (Å²) in [5.41, 5.74) is 0. The van der Waals surface area contributed by atoms with Gasteiger partial charge < -0.3 is 25.3 Å². The SMILES string of the molecule is CC(=O)N[C@H](C(=O)N1CCC[C@H](C(=O)N2CCC[C@@H](C(=O)N[C@@H](CC(C)C)C(=O)N(C)C)C2)C1)C(C)C. The van der Waals surface area contributed by atoms with Gasteiger partial charge in [-0.05, 0) is 43.9 Å². The highest BCUT2D eigenvalue weighted by atomic mass is 16.2. The Kier molecular flexibility index (Phi) is 11.4. The Balaban J connectivity index is 2.03. The fourth-order valence-corrected chi connectivity index (χ4v) is 5.25. The summed E-state index contributed by atoms with van der Waals surface area (Å²) < 4.78 is 0. The first kappa shape index (κ1) is 30.6. The minimum atomic E-state index is -0.613. The Morgan fingerprint density at radius 2 is 1.43 bits per heavy atom. The standard InChI is InChI=1S/C27H47N5O5/c1-17(2)14-22(26(36)30(6)7)29-24(34)20-10-8-12-31(15-20)25(35)21-11-9-13-32(16-21)27(37)23(18(3)4)28-19(5)33/h17-18,20-23H,8-16H2,1-7H3,(H,28,33)(H,29,34)/t20-,21+,22+,23+/m1/s1. The average molecular weight is 522 g/mol. The lowest BCUT2D eigenvalue weighted by Crippen LogP contribution is -2.56. The van der Waals surface area contributed by atoms with Crippen LogP contribution in [0.25, 0.3) is 0 Å². The molecule has 2 N–H and O–H groups in total. The van der Waals surface area contributed by atoms with E-state index >= 15 is 0 Å². The molecule has 10 heteroatoms. The first-order valence-corrected chi connectivity index (χ1v) is 13.7. The monoisotopic (exact) mass is 521 g/mol. The van der Waals surface area contributed by atoms with E-state index in [-0.39, 0.29) is 53.2 Å². The Morgan fingerprint density at radius 3 is 1.97 bits per heavy atom. The van der Waals surface area contributed by atoms with Gasteiger partial charge in [-0.2, -0.15) is 0 Å². The number of carbonyl (C=O) groups is 5. The molecular weight excluding hydrogens is 474 g/mol. The summed E-state index contributed by atoms with van der Waals surface area (Å²) in [4.78, 5) is 68.9. The fraction of sp³-hybridized carbons (Fsp3) is 0.815. The molecule has 37 heavy (non-hydrogen) atoms. The fourth-order valence-electron chi connectivity index (χ4n) is 5.25. The summed E-state index contributed by atoms with van der Waals surface area (Å²) >= 11 is 0. The van der Waals surface area contributed by atoms with E-state index in [0.29, 0.717) is 58.3 Å². The Hall–Kier alpha value is -2.65. The van der Waals surface area contributed by atoms with Gasteiger partial charge in [0.1, 0.15) is 12.1 Å². The lowest BCUT2D eigenvalue weighted by Gasteiger charge is -2.39. The second kappa shape index (κ2) is 13.8. The molecule has 2 aliphatic heterocycles. The third kappa shape index (κ3) is 8.71. The number of hydrogen-bond acceptors (Lipinski definition) is 5. The van der Waals surface area contributed by atoms with Crippen LogP contribution >= 0.6 is 0 Å². The Labute approximate surface area is 221 Å². The van der Waals surface area contributed by atoms with Gasteiger partial charge in [-0.1, -0.05) is 27.7 Å². The lowest BCUT2D eigenvalue weighted by molar-refractivity contribution is -0.145. The summed E-state index contributed by atoms with van der Waals surface area (Å²) in [6.07, 6.45) is 3.35. The Bertz CT molecular complexity index is 843. The molecule has 0 bridgehead atoms. The maximum absolute atomic E-state index is 13.5. The van der Waals surface area contributed by atoms with Crippen LogP contribution < -0.4 is 10.6 Å². The van der Waals surface area contributed by atoms with Crippen molar-refractivity contribution in [2.75, 3.05) is 40.3 Å². The smallest absolute Gasteiger partial charge is 0.245 e. The molecule has 2 heterocycles. The predicted molar refractivity (Wildman–Crippen MR) is 141 cm³/mol. The van der Waals surface area contributed by atoms with Gasteiger partial charge in [0.25, 0.3) is 0 Å². The number of carbonyl (C=O) groups excluding carboxylic acids is 5. The molecule has 5 amide bonds. The van der Waals surface area contributed by atoms with E-state index in [2.05, 4.69) is 10.6 Å². The van der Waals surface area contributed by atoms with Crippen LogP contribution in [0.3, 0.4) is 0 Å². The van der Waals surface area contributed by atoms with E-state index in [1.54, 1.807) is 23.9 Å². The highest BCUT2D eigenvalue weighted by Gasteiger charge is 2.37. The molecule has 4 atom stereocenters. The van der Waals surface area contributed by atoms with Crippen LogP contribution in [0, 0.1) is 23.7 Å². The molecule has 0 spiro atoms. The number of hydrogen-bond donors (Lipinski definition) is 2. The van der Waals surface area contributed by atoms with E-state index in [9.17, 15) is 24.0 Å². The average Bonchev–Trinajstić information content (AvgIpc) is 2.85. The van der Waals surface area contributed by atoms with E-state index < -0.39 is 12.1 Å². The lowest BCUT2D eigenvalue weighted by atomic mass is 9.91. The van der Waals surface area contributed by atoms with Gasteiger partial charge in [0.05, 0.1) is 11.8 Å². The number of nitrogens with zero attached hydrogens (tertiary/aromatic N) is 3. The van der Waals surface area contributed by atoms with Crippen molar-refractivity contribution in [1.82, 2.24) is 25.3 Å². The van der Waals surface area contributed by atoms with Gasteiger partial charge in [-0.3, -0.25) is 24.0 Å². The van der Waals surface area contributed by atoms with E-state index in [4.69, 9.17) is 0 Å². The zero-order valence-corrected chi connectivity index (χ0v) is 23.7. The van der Waals surface area contributed by atoms with Gasteiger partial charge in [0, 0.05) is 47.2 Å². The van der Waals surface area contributed by atoms with Crippen molar-refractivity contribution < 1.29 is 24.0 Å². The van der Waals surface area contributed by atoms with Crippen molar-refractivity contribution in [1.29, 1.82) is 0 Å². The van der Waals surface area contributed by atoms with Crippen molar-refractivity contribution in [3.05, 3.63) is 0 Å². The van der Waals surface area contributed by atoms with Gasteiger partial charge >= 0.3 is 0 Å². The Morgan fingerprint density at radius 1 is 0.865 bits per heavy atom. The van der Waals surface area contributed by atoms with Gasteiger partial charge in [0.15, 0.2) is 0 Å². The number of likely N-dealkylation sites (N-methyl/N-ethyl adjacent to an activating group) is 1. The normalized spacial score (nSPS) is 21.9. The van der Waals surface area contributed by atoms with Crippen LogP contribution in [0.1, 0.15) is 66.7 Å². The summed E-state index contributed by atoms with van der Waals surface area (Å²) in [5, 5.41) is 5.69. The molecule has 0 unspecified atom stereocenters. The predicted octanol–water partition coefficient (Wildman–Crippen LogP) is 1.24. The van der Waals surface area contributed by atoms with E-state index in [1.807, 2.05) is 27.7 Å². The molecule has 2 rings (SSSR count). The van der Waals surface area contributed by atoms with Gasteiger partial charge in [-0.15, -0.1) is 0 Å². The van der Waals surface area contributed by atoms with Gasteiger partial charge in [0.2, 0.25) is 29.5 Å². The molecule has 2 saturated heterocycles. The molecule has 0 saturated carbocycles. The van der Waals surface area contributed by atoms with Crippen molar-refractivity contribution in [3.63, 3.8) is 0 Å². The first-order valence-electron chi connectivity index (χ1n) is 13.7. The summed E-state index contributed by atoms with van der Waals surface area (Å²) in [6, 6.07) is -1.19.